The van der Waals surface area contributed by atoms with Crippen LogP contribution in [0.1, 0.15) is 41.6 Å². The van der Waals surface area contributed by atoms with Crippen LogP contribution < -0.4 is 5.32 Å². The van der Waals surface area contributed by atoms with Gasteiger partial charge >= 0.3 is 0 Å². The molecule has 0 aliphatic heterocycles. The van der Waals surface area contributed by atoms with Crippen molar-refractivity contribution in [1.82, 2.24) is 5.32 Å². The van der Waals surface area contributed by atoms with E-state index in [0.29, 0.717) is 0 Å². The third kappa shape index (κ3) is 3.45. The monoisotopic (exact) mass is 291 g/mol. The van der Waals surface area contributed by atoms with E-state index < -0.39 is 0 Å². The van der Waals surface area contributed by atoms with Gasteiger partial charge in [0.25, 0.3) is 0 Å². The van der Waals surface area contributed by atoms with Crippen LogP contribution in [-0.2, 0) is 6.54 Å². The smallest absolute Gasteiger partial charge is 0.190 e. The highest BCUT2D eigenvalue weighted by Crippen LogP contribution is 2.26. The molecule has 0 aromatic heterocycles. The van der Waals surface area contributed by atoms with Gasteiger partial charge < -0.3 is 5.32 Å². The molecule has 1 N–H and O–H groups in total. The van der Waals surface area contributed by atoms with Crippen molar-refractivity contribution in [3.8, 4) is 0 Å². The molecule has 0 unspecified atom stereocenters. The number of benzene rings is 2. The van der Waals surface area contributed by atoms with Gasteiger partial charge in [-0.25, -0.2) is 0 Å². The highest BCUT2D eigenvalue weighted by atomic mass is 16.1. The van der Waals surface area contributed by atoms with Gasteiger partial charge in [0.15, 0.2) is 5.78 Å². The van der Waals surface area contributed by atoms with Gasteiger partial charge in [0.2, 0.25) is 0 Å². The SMILES string of the molecule is O=C(C1=C(NCc2ccccc2)CCCC1)c1ccccc1. The van der Waals surface area contributed by atoms with Crippen molar-refractivity contribution in [2.75, 3.05) is 0 Å². The zero-order valence-corrected chi connectivity index (χ0v) is 12.7. The van der Waals surface area contributed by atoms with Gasteiger partial charge in [0.05, 0.1) is 0 Å². The van der Waals surface area contributed by atoms with Crippen molar-refractivity contribution < 1.29 is 4.79 Å². The van der Waals surface area contributed by atoms with E-state index in [9.17, 15) is 4.79 Å². The maximum Gasteiger partial charge on any atom is 0.190 e. The number of nitrogens with one attached hydrogen (secondary N) is 1. The number of rotatable bonds is 5. The van der Waals surface area contributed by atoms with E-state index in [1.54, 1.807) is 0 Å². The summed E-state index contributed by atoms with van der Waals surface area (Å²) in [6, 6.07) is 19.9. The zero-order valence-electron chi connectivity index (χ0n) is 12.7. The number of Topliss-reactive ketones (excluding diaryl/α,β-unsaturated/α-hetero) is 1. The molecule has 0 heterocycles. The summed E-state index contributed by atoms with van der Waals surface area (Å²) in [7, 11) is 0. The fraction of sp³-hybridized carbons (Fsp3) is 0.250. The van der Waals surface area contributed by atoms with Crippen molar-refractivity contribution in [3.05, 3.63) is 83.1 Å². The second kappa shape index (κ2) is 7.08. The van der Waals surface area contributed by atoms with Crippen molar-refractivity contribution in [1.29, 1.82) is 0 Å². The molecule has 0 fully saturated rings. The number of allylic oxidation sites excluding steroid dienone is 2. The molecule has 0 bridgehead atoms. The molecule has 2 aromatic carbocycles. The number of carbonyl (C=O) groups is 1. The molecule has 22 heavy (non-hydrogen) atoms. The lowest BCUT2D eigenvalue weighted by atomic mass is 9.90. The van der Waals surface area contributed by atoms with E-state index in [-0.39, 0.29) is 5.78 Å². The number of ketones is 1. The van der Waals surface area contributed by atoms with Gasteiger partial charge in [0.1, 0.15) is 0 Å². The molecule has 112 valence electrons. The molecule has 2 nitrogen and oxygen atoms in total. The molecule has 0 saturated carbocycles. The summed E-state index contributed by atoms with van der Waals surface area (Å²) >= 11 is 0. The van der Waals surface area contributed by atoms with E-state index >= 15 is 0 Å². The first-order chi connectivity index (χ1) is 10.8. The maximum atomic E-state index is 12.7. The van der Waals surface area contributed by atoms with E-state index in [1.165, 1.54) is 5.56 Å². The predicted molar refractivity (Wildman–Crippen MR) is 89.5 cm³/mol. The van der Waals surface area contributed by atoms with E-state index in [0.717, 1.165) is 49.1 Å². The number of hydrogen-bond acceptors (Lipinski definition) is 2. The first-order valence-electron chi connectivity index (χ1n) is 7.94. The Bertz CT molecular complexity index is 659. The van der Waals surface area contributed by atoms with Crippen molar-refractivity contribution in [2.45, 2.75) is 32.2 Å². The van der Waals surface area contributed by atoms with Crippen LogP contribution in [0.5, 0.6) is 0 Å². The average Bonchev–Trinajstić information content (AvgIpc) is 2.61. The third-order valence-electron chi connectivity index (χ3n) is 4.13. The summed E-state index contributed by atoms with van der Waals surface area (Å²) in [5.41, 5.74) is 4.13. The Kier molecular flexibility index (Phi) is 4.69. The van der Waals surface area contributed by atoms with Crippen LogP contribution in [0.2, 0.25) is 0 Å². The van der Waals surface area contributed by atoms with Crippen LogP contribution in [-0.4, -0.2) is 5.78 Å². The Balaban J connectivity index is 1.79. The summed E-state index contributed by atoms with van der Waals surface area (Å²) in [5, 5.41) is 3.50. The lowest BCUT2D eigenvalue weighted by Crippen LogP contribution is -2.21. The Labute approximate surface area is 131 Å². The summed E-state index contributed by atoms with van der Waals surface area (Å²) in [4.78, 5) is 12.7. The fourth-order valence-electron chi connectivity index (χ4n) is 2.92. The molecule has 0 spiro atoms. The zero-order chi connectivity index (χ0) is 15.2. The standard InChI is InChI=1S/C20H21NO/c22-20(17-11-5-2-6-12-17)18-13-7-8-14-19(18)21-15-16-9-3-1-4-10-16/h1-6,9-12,21H,7-8,13-15H2. The summed E-state index contributed by atoms with van der Waals surface area (Å²) in [6.07, 6.45) is 4.11. The summed E-state index contributed by atoms with van der Waals surface area (Å²) < 4.78 is 0. The quantitative estimate of drug-likeness (QED) is 0.822. The largest absolute Gasteiger partial charge is 0.384 e. The minimum Gasteiger partial charge on any atom is -0.384 e. The lowest BCUT2D eigenvalue weighted by Gasteiger charge is -2.21. The Morgan fingerprint density at radius 2 is 1.50 bits per heavy atom. The van der Waals surface area contributed by atoms with Crippen LogP contribution in [0.4, 0.5) is 0 Å². The number of carbonyl (C=O) groups excluding carboxylic acids is 1. The second-order valence-electron chi connectivity index (χ2n) is 5.70. The average molecular weight is 291 g/mol. The molecule has 2 aromatic rings. The van der Waals surface area contributed by atoms with Crippen LogP contribution >= 0.6 is 0 Å². The first kappa shape index (κ1) is 14.6. The van der Waals surface area contributed by atoms with Crippen LogP contribution in [0.3, 0.4) is 0 Å². The first-order valence-corrected chi connectivity index (χ1v) is 7.94. The van der Waals surface area contributed by atoms with Crippen molar-refractivity contribution in [3.63, 3.8) is 0 Å². The van der Waals surface area contributed by atoms with Crippen LogP contribution in [0, 0.1) is 0 Å². The molecule has 1 aliphatic carbocycles. The molecule has 1 aliphatic rings. The second-order valence-corrected chi connectivity index (χ2v) is 5.70. The normalized spacial score (nSPS) is 14.7. The lowest BCUT2D eigenvalue weighted by molar-refractivity contribution is 0.102. The molecule has 2 heteroatoms. The highest BCUT2D eigenvalue weighted by molar-refractivity contribution is 6.09. The fourth-order valence-corrected chi connectivity index (χ4v) is 2.92. The van der Waals surface area contributed by atoms with Crippen molar-refractivity contribution >= 4 is 5.78 Å². The Morgan fingerprint density at radius 1 is 0.864 bits per heavy atom. The summed E-state index contributed by atoms with van der Waals surface area (Å²) in [6.45, 7) is 0.780. The minimum atomic E-state index is 0.177. The number of hydrogen-bond donors (Lipinski definition) is 1. The van der Waals surface area contributed by atoms with E-state index in [2.05, 4.69) is 17.4 Å². The third-order valence-corrected chi connectivity index (χ3v) is 4.13. The van der Waals surface area contributed by atoms with Crippen LogP contribution in [0.25, 0.3) is 0 Å². The summed E-state index contributed by atoms with van der Waals surface area (Å²) in [5.74, 6) is 0.177. The molecule has 0 amide bonds. The Hall–Kier alpha value is -2.35. The van der Waals surface area contributed by atoms with Crippen LogP contribution in [0.15, 0.2) is 71.9 Å². The van der Waals surface area contributed by atoms with Gasteiger partial charge in [-0.15, -0.1) is 0 Å². The Morgan fingerprint density at radius 3 is 2.23 bits per heavy atom. The molecule has 0 saturated heterocycles. The maximum absolute atomic E-state index is 12.7. The molecular formula is C20H21NO. The molecular weight excluding hydrogens is 270 g/mol. The van der Waals surface area contributed by atoms with Gasteiger partial charge in [-0.1, -0.05) is 60.7 Å². The predicted octanol–water partition coefficient (Wildman–Crippen LogP) is 4.49. The van der Waals surface area contributed by atoms with Gasteiger partial charge in [-0.05, 0) is 31.2 Å². The van der Waals surface area contributed by atoms with Gasteiger partial charge in [-0.2, -0.15) is 0 Å². The van der Waals surface area contributed by atoms with E-state index in [4.69, 9.17) is 0 Å². The van der Waals surface area contributed by atoms with Gasteiger partial charge in [0, 0.05) is 23.4 Å². The molecule has 3 rings (SSSR count). The van der Waals surface area contributed by atoms with Crippen molar-refractivity contribution in [2.24, 2.45) is 0 Å². The molecule has 0 atom stereocenters. The van der Waals surface area contributed by atoms with E-state index in [1.807, 2.05) is 48.5 Å². The molecule has 0 radical (unpaired) electrons. The minimum absolute atomic E-state index is 0.177. The topological polar surface area (TPSA) is 29.1 Å². The van der Waals surface area contributed by atoms with Gasteiger partial charge in [-0.3, -0.25) is 4.79 Å². The highest BCUT2D eigenvalue weighted by Gasteiger charge is 2.20.